The largest absolute Gasteiger partial charge is 0 e. The molecule has 3 rings (SSSR count). The minimum atomic E-state index is -2.58. The number of benzene rings is 3. The van der Waals surface area contributed by atoms with Crippen molar-refractivity contribution in [1.82, 2.24) is 0 Å². The molecular formula is C19H17FeOP. The molecule has 0 saturated carbocycles. The van der Waals surface area contributed by atoms with Gasteiger partial charge in [0.1, 0.15) is 0 Å². The Morgan fingerprint density at radius 1 is 0.545 bits per heavy atom. The Bertz CT molecular complexity index is 618. The molecular weight excluding hydrogens is 331 g/mol. The van der Waals surface area contributed by atoms with Crippen LogP contribution in [0.25, 0.3) is 0 Å². The number of rotatable bonds is 4. The van der Waals surface area contributed by atoms with Crippen LogP contribution in [0.3, 0.4) is 0 Å². The first-order chi connectivity index (χ1) is 10.4. The molecule has 0 radical (unpaired) electrons. The molecule has 0 unspecified atom stereocenters. The summed E-state index contributed by atoms with van der Waals surface area (Å²) in [6.45, 7) is 0. The standard InChI is InChI=1S/C19H17OP.Fe/c20-16-21(17-10-4-1-5-11-17,18-12-6-2-7-13-18)19-14-8-3-9-15-19;/h1-16,21H;. The minimum absolute atomic E-state index is 0. The van der Waals surface area contributed by atoms with Crippen LogP contribution in [0.5, 0.6) is 0 Å². The molecule has 22 heavy (non-hydrogen) atoms. The molecule has 0 aromatic heterocycles. The minimum Gasteiger partial charge on any atom is 0 e. The van der Waals surface area contributed by atoms with Gasteiger partial charge in [-0.25, -0.2) is 0 Å². The molecule has 0 amide bonds. The summed E-state index contributed by atoms with van der Waals surface area (Å²) in [6.07, 6.45) is 0. The van der Waals surface area contributed by atoms with Gasteiger partial charge in [-0.15, -0.1) is 0 Å². The Labute approximate surface area is 142 Å². The zero-order valence-corrected chi connectivity index (χ0v) is 14.1. The van der Waals surface area contributed by atoms with Crippen molar-refractivity contribution in [3.8, 4) is 0 Å². The van der Waals surface area contributed by atoms with E-state index >= 15 is 0 Å². The summed E-state index contributed by atoms with van der Waals surface area (Å²) in [7, 11) is -2.58. The summed E-state index contributed by atoms with van der Waals surface area (Å²) in [5.74, 6) is 0. The molecule has 0 spiro atoms. The molecule has 0 bridgehead atoms. The van der Waals surface area contributed by atoms with Crippen molar-refractivity contribution in [3.05, 3.63) is 91.0 Å². The number of carbonyl (C=O) groups is 1. The molecule has 0 fully saturated rings. The van der Waals surface area contributed by atoms with Gasteiger partial charge in [-0.3, -0.25) is 0 Å². The van der Waals surface area contributed by atoms with Gasteiger partial charge in [0.2, 0.25) is 0 Å². The van der Waals surface area contributed by atoms with E-state index in [0.717, 1.165) is 15.9 Å². The van der Waals surface area contributed by atoms with E-state index in [1.54, 1.807) is 0 Å². The van der Waals surface area contributed by atoms with E-state index in [-0.39, 0.29) is 17.1 Å². The van der Waals surface area contributed by atoms with Gasteiger partial charge < -0.3 is 0 Å². The fourth-order valence-corrected chi connectivity index (χ4v) is 6.37. The van der Waals surface area contributed by atoms with Gasteiger partial charge in [0, 0.05) is 17.1 Å². The Balaban J connectivity index is 0.00000176. The van der Waals surface area contributed by atoms with Crippen LogP contribution in [0.4, 0.5) is 0 Å². The van der Waals surface area contributed by atoms with Crippen LogP contribution in [0.15, 0.2) is 91.0 Å². The van der Waals surface area contributed by atoms with Crippen molar-refractivity contribution in [3.63, 3.8) is 0 Å². The van der Waals surface area contributed by atoms with Gasteiger partial charge in [0.05, 0.1) is 0 Å². The first-order valence-corrected chi connectivity index (χ1v) is 9.08. The Morgan fingerprint density at radius 3 is 1.05 bits per heavy atom. The third kappa shape index (κ3) is 2.91. The predicted octanol–water partition coefficient (Wildman–Crippen LogP) is 2.90. The van der Waals surface area contributed by atoms with Gasteiger partial charge in [-0.2, -0.15) is 0 Å². The van der Waals surface area contributed by atoms with Gasteiger partial charge in [-0.05, 0) is 0 Å². The van der Waals surface area contributed by atoms with E-state index in [1.165, 1.54) is 6.03 Å². The average molecular weight is 348 g/mol. The smallest absolute Gasteiger partial charge is 0 e. The first-order valence-electron chi connectivity index (χ1n) is 7.01. The molecule has 112 valence electrons. The third-order valence-corrected chi connectivity index (χ3v) is 7.95. The number of hydrogen-bond donors (Lipinski definition) is 0. The summed E-state index contributed by atoms with van der Waals surface area (Å²) in [6, 6.07) is 31.6. The molecule has 0 saturated heterocycles. The third-order valence-electron chi connectivity index (χ3n) is 3.86. The molecule has 3 heteroatoms. The van der Waals surface area contributed by atoms with Crippen LogP contribution in [0.2, 0.25) is 0 Å². The molecule has 3 aromatic carbocycles. The maximum atomic E-state index is 12.3. The Kier molecular flexibility index (Phi) is 5.69. The number of carbonyl (C=O) groups excluding carboxylic acids is 1. The van der Waals surface area contributed by atoms with Crippen LogP contribution < -0.4 is 15.9 Å². The molecule has 0 N–H and O–H groups in total. The second kappa shape index (κ2) is 7.51. The van der Waals surface area contributed by atoms with Gasteiger partial charge >= 0.3 is 125 Å². The quantitative estimate of drug-likeness (QED) is 0.403. The van der Waals surface area contributed by atoms with Crippen molar-refractivity contribution in [2.24, 2.45) is 0 Å². The van der Waals surface area contributed by atoms with Crippen LogP contribution in [-0.4, -0.2) is 6.03 Å². The average Bonchev–Trinajstić information content (AvgIpc) is 2.59. The van der Waals surface area contributed by atoms with E-state index in [2.05, 4.69) is 36.4 Å². The summed E-state index contributed by atoms with van der Waals surface area (Å²) in [4.78, 5) is 12.3. The van der Waals surface area contributed by atoms with E-state index in [1.807, 2.05) is 54.6 Å². The normalized spacial score (nSPS) is 11.3. The zero-order valence-electron chi connectivity index (χ0n) is 12.0. The van der Waals surface area contributed by atoms with Crippen LogP contribution in [-0.2, 0) is 21.9 Å². The van der Waals surface area contributed by atoms with Crippen molar-refractivity contribution < 1.29 is 21.9 Å². The summed E-state index contributed by atoms with van der Waals surface area (Å²) in [5, 5.41) is 3.37. The second-order valence-corrected chi connectivity index (χ2v) is 8.61. The Hall–Kier alpha value is -1.72. The summed E-state index contributed by atoms with van der Waals surface area (Å²) in [5.41, 5.74) is 0. The van der Waals surface area contributed by atoms with Crippen molar-refractivity contribution >= 4 is 29.2 Å². The van der Waals surface area contributed by atoms with Gasteiger partial charge in [-0.1, -0.05) is 0 Å². The zero-order chi connectivity index (χ0) is 14.5. The van der Waals surface area contributed by atoms with Crippen molar-refractivity contribution in [1.29, 1.82) is 0 Å². The SMILES string of the molecule is O=C[PH](c1ccccc1)(c1ccccc1)c1ccccc1.[Fe]. The van der Waals surface area contributed by atoms with Crippen molar-refractivity contribution in [2.75, 3.05) is 0 Å². The van der Waals surface area contributed by atoms with Crippen LogP contribution >= 0.6 is 7.26 Å². The molecule has 0 atom stereocenters. The first kappa shape index (κ1) is 16.6. The molecule has 1 nitrogen and oxygen atoms in total. The van der Waals surface area contributed by atoms with E-state index in [9.17, 15) is 4.79 Å². The van der Waals surface area contributed by atoms with Crippen LogP contribution in [0, 0.1) is 0 Å². The van der Waals surface area contributed by atoms with Crippen LogP contribution in [0.1, 0.15) is 0 Å². The number of hydrogen-bond acceptors (Lipinski definition) is 1. The molecule has 3 aromatic rings. The van der Waals surface area contributed by atoms with E-state index in [4.69, 9.17) is 0 Å². The van der Waals surface area contributed by atoms with Gasteiger partial charge in [0.25, 0.3) is 0 Å². The van der Waals surface area contributed by atoms with Crippen molar-refractivity contribution in [2.45, 2.75) is 0 Å². The maximum Gasteiger partial charge on any atom is 0 e. The monoisotopic (exact) mass is 348 g/mol. The van der Waals surface area contributed by atoms with Gasteiger partial charge in [0.15, 0.2) is 0 Å². The second-order valence-electron chi connectivity index (χ2n) is 5.02. The molecule has 0 heterocycles. The van der Waals surface area contributed by atoms with E-state index in [0.29, 0.717) is 0 Å². The maximum absolute atomic E-state index is 12.3. The molecule has 0 aliphatic heterocycles. The summed E-state index contributed by atoms with van der Waals surface area (Å²) >= 11 is 0. The fraction of sp³-hybridized carbons (Fsp3) is 0. The topological polar surface area (TPSA) is 17.1 Å². The Morgan fingerprint density at radius 2 is 0.818 bits per heavy atom. The predicted molar refractivity (Wildman–Crippen MR) is 93.3 cm³/mol. The fourth-order valence-electron chi connectivity index (χ4n) is 2.81. The molecule has 0 aliphatic rings. The molecule has 0 aliphatic carbocycles. The van der Waals surface area contributed by atoms with E-state index < -0.39 is 7.26 Å². The summed E-state index contributed by atoms with van der Waals surface area (Å²) < 4.78 is 0.